The highest BCUT2D eigenvalue weighted by Gasteiger charge is 2.46. The Bertz CT molecular complexity index is 587. The normalized spacial score (nSPS) is 18.0. The lowest BCUT2D eigenvalue weighted by Crippen LogP contribution is -2.33. The fourth-order valence-corrected chi connectivity index (χ4v) is 2.15. The summed E-state index contributed by atoms with van der Waals surface area (Å²) >= 11 is 6.00. The van der Waals surface area contributed by atoms with Crippen molar-refractivity contribution in [1.29, 1.82) is 5.26 Å². The molecule has 1 aromatic rings. The Morgan fingerprint density at radius 3 is 2.56 bits per heavy atom. The Hall–Kier alpha value is -1.86. The second-order valence-corrected chi connectivity index (χ2v) is 5.28. The molecule has 0 spiro atoms. The molecule has 1 aliphatic heterocycles. The minimum Gasteiger partial charge on any atom is -0.274 e. The molecular weight excluding hydrogens is 252 g/mol. The summed E-state index contributed by atoms with van der Waals surface area (Å²) in [7, 11) is 0. The van der Waals surface area contributed by atoms with Crippen LogP contribution < -0.4 is 4.90 Å². The molecule has 5 heteroatoms. The number of benzene rings is 1. The monoisotopic (exact) mass is 262 g/mol. The largest absolute Gasteiger partial charge is 0.274 e. The summed E-state index contributed by atoms with van der Waals surface area (Å²) < 4.78 is 0. The Kier molecular flexibility index (Phi) is 2.88. The van der Waals surface area contributed by atoms with Crippen LogP contribution in [-0.4, -0.2) is 11.8 Å². The molecule has 0 radical (unpaired) electrons. The van der Waals surface area contributed by atoms with E-state index in [9.17, 15) is 9.59 Å². The van der Waals surface area contributed by atoms with Crippen molar-refractivity contribution in [3.8, 4) is 6.07 Å². The first-order chi connectivity index (χ1) is 8.36. The predicted molar refractivity (Wildman–Crippen MR) is 67.1 cm³/mol. The molecule has 1 fully saturated rings. The van der Waals surface area contributed by atoms with Crippen molar-refractivity contribution in [3.63, 3.8) is 0 Å². The van der Waals surface area contributed by atoms with E-state index < -0.39 is 5.41 Å². The van der Waals surface area contributed by atoms with Crippen molar-refractivity contribution >= 4 is 29.1 Å². The third-order valence-electron chi connectivity index (χ3n) is 2.94. The highest BCUT2D eigenvalue weighted by Crippen LogP contribution is 2.38. The lowest BCUT2D eigenvalue weighted by molar-refractivity contribution is -0.124. The minimum absolute atomic E-state index is 0.152. The smallest absolute Gasteiger partial charge is 0.239 e. The van der Waals surface area contributed by atoms with Crippen LogP contribution in [0.4, 0.5) is 5.69 Å². The number of amides is 2. The highest BCUT2D eigenvalue weighted by atomic mass is 35.5. The van der Waals surface area contributed by atoms with Crippen molar-refractivity contribution in [2.24, 2.45) is 5.41 Å². The van der Waals surface area contributed by atoms with Crippen molar-refractivity contribution in [2.45, 2.75) is 20.3 Å². The van der Waals surface area contributed by atoms with Gasteiger partial charge in [-0.05, 0) is 18.2 Å². The highest BCUT2D eigenvalue weighted by molar-refractivity contribution is 6.36. The van der Waals surface area contributed by atoms with Gasteiger partial charge in [-0.1, -0.05) is 25.4 Å². The number of nitrogens with zero attached hydrogens (tertiary/aromatic N) is 2. The number of rotatable bonds is 1. The van der Waals surface area contributed by atoms with Gasteiger partial charge in [0, 0.05) is 6.42 Å². The first-order valence-electron chi connectivity index (χ1n) is 5.44. The van der Waals surface area contributed by atoms with Gasteiger partial charge in [0.05, 0.1) is 27.8 Å². The summed E-state index contributed by atoms with van der Waals surface area (Å²) in [5, 5.41) is 9.13. The second kappa shape index (κ2) is 4.11. The van der Waals surface area contributed by atoms with Crippen LogP contribution in [0.25, 0.3) is 0 Å². The molecule has 1 aliphatic rings. The van der Waals surface area contributed by atoms with E-state index in [-0.39, 0.29) is 28.9 Å². The van der Waals surface area contributed by atoms with E-state index in [0.717, 1.165) is 4.90 Å². The number of halogens is 1. The standard InChI is InChI=1S/C13H11ClN2O2/c1-13(2)6-11(17)16(12(13)18)10-5-8(7-15)3-4-9(10)14/h3-5H,6H2,1-2H3. The van der Waals surface area contributed by atoms with Crippen molar-refractivity contribution in [3.05, 3.63) is 28.8 Å². The number of hydrogen-bond acceptors (Lipinski definition) is 3. The fraction of sp³-hybridized carbons (Fsp3) is 0.308. The van der Waals surface area contributed by atoms with Gasteiger partial charge < -0.3 is 0 Å². The molecule has 0 unspecified atom stereocenters. The Balaban J connectivity index is 2.53. The van der Waals surface area contributed by atoms with Crippen LogP contribution in [0.15, 0.2) is 18.2 Å². The first kappa shape index (κ1) is 12.6. The summed E-state index contributed by atoms with van der Waals surface area (Å²) in [6.45, 7) is 3.44. The maximum atomic E-state index is 12.2. The number of anilines is 1. The Morgan fingerprint density at radius 2 is 2.06 bits per heavy atom. The number of hydrogen-bond donors (Lipinski definition) is 0. The summed E-state index contributed by atoms with van der Waals surface area (Å²) in [5.74, 6) is -0.577. The maximum Gasteiger partial charge on any atom is 0.239 e. The molecule has 0 aliphatic carbocycles. The average Bonchev–Trinajstić information content (AvgIpc) is 2.50. The quantitative estimate of drug-likeness (QED) is 0.731. The molecule has 1 aromatic carbocycles. The molecule has 0 bridgehead atoms. The zero-order valence-corrected chi connectivity index (χ0v) is 10.8. The zero-order chi connectivity index (χ0) is 13.5. The van der Waals surface area contributed by atoms with Crippen molar-refractivity contribution < 1.29 is 9.59 Å². The molecule has 0 atom stereocenters. The van der Waals surface area contributed by atoms with Gasteiger partial charge in [0.25, 0.3) is 0 Å². The van der Waals surface area contributed by atoms with Gasteiger partial charge in [-0.3, -0.25) is 9.59 Å². The summed E-state index contributed by atoms with van der Waals surface area (Å²) in [6, 6.07) is 6.48. The molecule has 0 N–H and O–H groups in total. The van der Waals surface area contributed by atoms with Gasteiger partial charge >= 0.3 is 0 Å². The third kappa shape index (κ3) is 1.87. The van der Waals surface area contributed by atoms with Crippen LogP contribution in [0, 0.1) is 16.7 Å². The minimum atomic E-state index is -0.719. The van der Waals surface area contributed by atoms with Gasteiger partial charge in [-0.2, -0.15) is 5.26 Å². The summed E-state index contributed by atoms with van der Waals surface area (Å²) in [5.41, 5.74) is -0.0701. The molecule has 4 nitrogen and oxygen atoms in total. The number of imide groups is 1. The molecule has 18 heavy (non-hydrogen) atoms. The first-order valence-corrected chi connectivity index (χ1v) is 5.81. The molecule has 0 saturated carbocycles. The summed E-state index contributed by atoms with van der Waals surface area (Å²) in [4.78, 5) is 25.1. The molecule has 0 aromatic heterocycles. The average molecular weight is 263 g/mol. The zero-order valence-electron chi connectivity index (χ0n) is 10.0. The molecule has 2 amide bonds. The van der Waals surface area contributed by atoms with E-state index in [4.69, 9.17) is 16.9 Å². The summed E-state index contributed by atoms with van der Waals surface area (Å²) in [6.07, 6.45) is 0.152. The molecular formula is C13H11ClN2O2. The van der Waals surface area contributed by atoms with E-state index in [1.165, 1.54) is 12.1 Å². The second-order valence-electron chi connectivity index (χ2n) is 4.87. The predicted octanol–water partition coefficient (Wildman–Crippen LogP) is 2.50. The SMILES string of the molecule is CC1(C)CC(=O)N(c2cc(C#N)ccc2Cl)C1=O. The third-order valence-corrected chi connectivity index (χ3v) is 3.26. The van der Waals surface area contributed by atoms with Gasteiger partial charge in [-0.15, -0.1) is 0 Å². The van der Waals surface area contributed by atoms with E-state index in [2.05, 4.69) is 0 Å². The van der Waals surface area contributed by atoms with Gasteiger partial charge in [-0.25, -0.2) is 4.90 Å². The van der Waals surface area contributed by atoms with Gasteiger partial charge in [0.2, 0.25) is 11.8 Å². The topological polar surface area (TPSA) is 61.2 Å². The van der Waals surface area contributed by atoms with Gasteiger partial charge in [0.1, 0.15) is 0 Å². The van der Waals surface area contributed by atoms with Crippen LogP contribution in [0.2, 0.25) is 5.02 Å². The molecule has 1 heterocycles. The lowest BCUT2D eigenvalue weighted by Gasteiger charge is -2.19. The van der Waals surface area contributed by atoms with Crippen LogP contribution in [-0.2, 0) is 9.59 Å². The van der Waals surface area contributed by atoms with E-state index >= 15 is 0 Å². The van der Waals surface area contributed by atoms with E-state index in [0.29, 0.717) is 5.56 Å². The number of carbonyl (C=O) groups excluding carboxylic acids is 2. The maximum absolute atomic E-state index is 12.2. The lowest BCUT2D eigenvalue weighted by atomic mass is 9.92. The van der Waals surface area contributed by atoms with Crippen LogP contribution in [0.3, 0.4) is 0 Å². The molecule has 92 valence electrons. The number of carbonyl (C=O) groups is 2. The fourth-order valence-electron chi connectivity index (χ4n) is 1.95. The van der Waals surface area contributed by atoms with E-state index in [1.807, 2.05) is 6.07 Å². The van der Waals surface area contributed by atoms with Crippen LogP contribution in [0.1, 0.15) is 25.8 Å². The molecule has 1 saturated heterocycles. The molecule has 2 rings (SSSR count). The van der Waals surface area contributed by atoms with Crippen molar-refractivity contribution in [1.82, 2.24) is 0 Å². The van der Waals surface area contributed by atoms with Gasteiger partial charge in [0.15, 0.2) is 0 Å². The van der Waals surface area contributed by atoms with Crippen molar-refractivity contribution in [2.75, 3.05) is 4.90 Å². The Labute approximate surface area is 110 Å². The van der Waals surface area contributed by atoms with Crippen LogP contribution in [0.5, 0.6) is 0 Å². The number of nitriles is 1. The van der Waals surface area contributed by atoms with E-state index in [1.54, 1.807) is 19.9 Å². The van der Waals surface area contributed by atoms with Crippen LogP contribution >= 0.6 is 11.6 Å². The Morgan fingerprint density at radius 1 is 1.39 bits per heavy atom.